The van der Waals surface area contributed by atoms with Crippen LogP contribution in [0.15, 0.2) is 24.3 Å². The van der Waals surface area contributed by atoms with Gasteiger partial charge in [0.25, 0.3) is 0 Å². The van der Waals surface area contributed by atoms with E-state index in [9.17, 15) is 4.79 Å². The summed E-state index contributed by atoms with van der Waals surface area (Å²) < 4.78 is 11.3. The lowest BCUT2D eigenvalue weighted by molar-refractivity contribution is -0.131. The van der Waals surface area contributed by atoms with E-state index in [4.69, 9.17) is 14.6 Å². The Labute approximate surface area is 125 Å². The van der Waals surface area contributed by atoms with E-state index in [1.807, 2.05) is 18.2 Å². The predicted octanol–water partition coefficient (Wildman–Crippen LogP) is 3.75. The van der Waals surface area contributed by atoms with Gasteiger partial charge in [-0.3, -0.25) is 0 Å². The normalized spacial score (nSPS) is 16.0. The first-order valence-electron chi connectivity index (χ1n) is 7.41. The summed E-state index contributed by atoms with van der Waals surface area (Å²) >= 11 is 0. The van der Waals surface area contributed by atoms with Crippen molar-refractivity contribution in [3.8, 4) is 11.5 Å². The van der Waals surface area contributed by atoms with E-state index >= 15 is 0 Å². The summed E-state index contributed by atoms with van der Waals surface area (Å²) in [7, 11) is 1.59. The number of aliphatic carboxylic acids is 1. The number of benzene rings is 1. The van der Waals surface area contributed by atoms with Gasteiger partial charge in [0.15, 0.2) is 11.5 Å². The van der Waals surface area contributed by atoms with Gasteiger partial charge in [0, 0.05) is 11.6 Å². The molecule has 1 aliphatic carbocycles. The summed E-state index contributed by atoms with van der Waals surface area (Å²) in [5, 5.41) is 8.77. The van der Waals surface area contributed by atoms with Crippen LogP contribution in [-0.4, -0.2) is 24.8 Å². The van der Waals surface area contributed by atoms with Crippen molar-refractivity contribution in [1.29, 1.82) is 0 Å². The molecule has 114 valence electrons. The molecule has 1 fully saturated rings. The molecule has 0 amide bonds. The molecule has 4 nitrogen and oxygen atoms in total. The Hall–Kier alpha value is -1.97. The van der Waals surface area contributed by atoms with Crippen LogP contribution in [0, 0.1) is 5.92 Å². The van der Waals surface area contributed by atoms with Gasteiger partial charge in [-0.15, -0.1) is 0 Å². The minimum absolute atomic E-state index is 0.583. The molecule has 0 saturated heterocycles. The van der Waals surface area contributed by atoms with Crippen molar-refractivity contribution in [2.75, 3.05) is 13.7 Å². The topological polar surface area (TPSA) is 55.8 Å². The third-order valence-electron chi connectivity index (χ3n) is 3.82. The zero-order valence-corrected chi connectivity index (χ0v) is 12.4. The molecule has 1 aromatic rings. The number of rotatable bonds is 6. The van der Waals surface area contributed by atoms with Crippen molar-refractivity contribution in [2.24, 2.45) is 5.92 Å². The number of hydrogen-bond acceptors (Lipinski definition) is 3. The monoisotopic (exact) mass is 290 g/mol. The molecule has 1 N–H and O–H groups in total. The number of carboxylic acid groups (broad SMARTS) is 1. The van der Waals surface area contributed by atoms with Gasteiger partial charge in [0.1, 0.15) is 0 Å². The summed E-state index contributed by atoms with van der Waals surface area (Å²) in [6.07, 6.45) is 8.92. The molecule has 0 unspecified atom stereocenters. The quantitative estimate of drug-likeness (QED) is 0.811. The van der Waals surface area contributed by atoms with Gasteiger partial charge in [-0.25, -0.2) is 4.79 Å². The fourth-order valence-electron chi connectivity index (χ4n) is 2.70. The summed E-state index contributed by atoms with van der Waals surface area (Å²) in [6.45, 7) is 0.661. The molecule has 1 aliphatic rings. The molecule has 4 heteroatoms. The highest BCUT2D eigenvalue weighted by molar-refractivity contribution is 5.86. The average molecular weight is 290 g/mol. The first-order valence-corrected chi connectivity index (χ1v) is 7.41. The van der Waals surface area contributed by atoms with Crippen molar-refractivity contribution in [3.63, 3.8) is 0 Å². The first-order chi connectivity index (χ1) is 10.2. The molecule has 1 aromatic carbocycles. The molecule has 2 rings (SSSR count). The second-order valence-electron chi connectivity index (χ2n) is 5.37. The minimum Gasteiger partial charge on any atom is -0.493 e. The van der Waals surface area contributed by atoms with E-state index in [0.717, 1.165) is 11.6 Å². The average Bonchev–Trinajstić information content (AvgIpc) is 2.52. The molecule has 21 heavy (non-hydrogen) atoms. The maximum absolute atomic E-state index is 10.7. The largest absolute Gasteiger partial charge is 0.493 e. The standard InChI is InChI=1S/C17H22O4/c1-20-15-9-5-8-14(10-11-16(18)19)17(15)21-12-13-6-3-2-4-7-13/h5,8-11,13H,2-4,6-7,12H2,1H3,(H,18,19)/b11-10+. The lowest BCUT2D eigenvalue weighted by Crippen LogP contribution is -2.15. The second kappa shape index (κ2) is 7.72. The SMILES string of the molecule is COc1cccc(/C=C/C(=O)O)c1OCC1CCCCC1. The molecular formula is C17H22O4. The Kier molecular flexibility index (Phi) is 5.67. The third-order valence-corrected chi connectivity index (χ3v) is 3.82. The molecule has 0 atom stereocenters. The number of hydrogen-bond donors (Lipinski definition) is 1. The third kappa shape index (κ3) is 4.52. The smallest absolute Gasteiger partial charge is 0.328 e. The van der Waals surface area contributed by atoms with Crippen LogP contribution in [0.2, 0.25) is 0 Å². The lowest BCUT2D eigenvalue weighted by atomic mass is 9.90. The predicted molar refractivity (Wildman–Crippen MR) is 81.7 cm³/mol. The molecule has 0 spiro atoms. The van der Waals surface area contributed by atoms with Crippen molar-refractivity contribution >= 4 is 12.0 Å². The summed E-state index contributed by atoms with van der Waals surface area (Å²) in [4.78, 5) is 10.7. The van der Waals surface area contributed by atoms with Crippen LogP contribution in [0.3, 0.4) is 0 Å². The van der Waals surface area contributed by atoms with Gasteiger partial charge in [-0.2, -0.15) is 0 Å². The van der Waals surface area contributed by atoms with E-state index < -0.39 is 5.97 Å². The highest BCUT2D eigenvalue weighted by atomic mass is 16.5. The van der Waals surface area contributed by atoms with Gasteiger partial charge in [-0.1, -0.05) is 31.4 Å². The Bertz CT molecular complexity index is 502. The molecule has 0 heterocycles. The van der Waals surface area contributed by atoms with E-state index in [1.54, 1.807) is 13.2 Å². The molecule has 0 aromatic heterocycles. The molecular weight excluding hydrogens is 268 g/mol. The van der Waals surface area contributed by atoms with Crippen LogP contribution in [-0.2, 0) is 4.79 Å². The van der Waals surface area contributed by atoms with Gasteiger partial charge in [0.05, 0.1) is 13.7 Å². The van der Waals surface area contributed by atoms with Gasteiger partial charge < -0.3 is 14.6 Å². The lowest BCUT2D eigenvalue weighted by Gasteiger charge is -2.22. The Morgan fingerprint density at radius 2 is 2.10 bits per heavy atom. The molecule has 1 saturated carbocycles. The maximum atomic E-state index is 10.7. The zero-order chi connectivity index (χ0) is 15.1. The summed E-state index contributed by atoms with van der Waals surface area (Å²) in [5.74, 6) is 0.873. The number of para-hydroxylation sites is 1. The maximum Gasteiger partial charge on any atom is 0.328 e. The van der Waals surface area contributed by atoms with Gasteiger partial charge in [0.2, 0.25) is 0 Å². The van der Waals surface area contributed by atoms with Crippen LogP contribution in [0.1, 0.15) is 37.7 Å². The van der Waals surface area contributed by atoms with Gasteiger partial charge in [-0.05, 0) is 30.9 Å². The number of carboxylic acids is 1. The Morgan fingerprint density at radius 3 is 2.76 bits per heavy atom. The Balaban J connectivity index is 2.12. The first kappa shape index (κ1) is 15.4. The van der Waals surface area contributed by atoms with Crippen LogP contribution in [0.25, 0.3) is 6.08 Å². The number of ether oxygens (including phenoxy) is 2. The van der Waals surface area contributed by atoms with Crippen LogP contribution in [0.4, 0.5) is 0 Å². The van der Waals surface area contributed by atoms with Crippen LogP contribution >= 0.6 is 0 Å². The van der Waals surface area contributed by atoms with Crippen LogP contribution < -0.4 is 9.47 Å². The van der Waals surface area contributed by atoms with E-state index in [-0.39, 0.29) is 0 Å². The summed E-state index contributed by atoms with van der Waals surface area (Å²) in [5.41, 5.74) is 0.729. The molecule has 0 aliphatic heterocycles. The molecule has 0 bridgehead atoms. The Morgan fingerprint density at radius 1 is 1.33 bits per heavy atom. The number of methoxy groups -OCH3 is 1. The fraction of sp³-hybridized carbons (Fsp3) is 0.471. The van der Waals surface area contributed by atoms with E-state index in [2.05, 4.69) is 0 Å². The van der Waals surface area contributed by atoms with E-state index in [1.165, 1.54) is 32.1 Å². The van der Waals surface area contributed by atoms with Crippen LogP contribution in [0.5, 0.6) is 11.5 Å². The second-order valence-corrected chi connectivity index (χ2v) is 5.37. The minimum atomic E-state index is -0.976. The summed E-state index contributed by atoms with van der Waals surface area (Å²) in [6, 6.07) is 5.49. The highest BCUT2D eigenvalue weighted by Gasteiger charge is 2.16. The van der Waals surface area contributed by atoms with Crippen molar-refractivity contribution < 1.29 is 19.4 Å². The number of carbonyl (C=O) groups is 1. The highest BCUT2D eigenvalue weighted by Crippen LogP contribution is 2.33. The van der Waals surface area contributed by atoms with Crippen molar-refractivity contribution in [2.45, 2.75) is 32.1 Å². The fourth-order valence-corrected chi connectivity index (χ4v) is 2.70. The van der Waals surface area contributed by atoms with Crippen molar-refractivity contribution in [1.82, 2.24) is 0 Å². The zero-order valence-electron chi connectivity index (χ0n) is 12.4. The molecule has 0 radical (unpaired) electrons. The van der Waals surface area contributed by atoms with Gasteiger partial charge >= 0.3 is 5.97 Å². The van der Waals surface area contributed by atoms with Crippen molar-refractivity contribution in [3.05, 3.63) is 29.8 Å². The van der Waals surface area contributed by atoms with E-state index in [0.29, 0.717) is 24.0 Å².